The molecule has 0 atom stereocenters. The van der Waals surface area contributed by atoms with Crippen LogP contribution in [0.2, 0.25) is 0 Å². The summed E-state index contributed by atoms with van der Waals surface area (Å²) in [6.45, 7) is 4.71. The lowest BCUT2D eigenvalue weighted by Crippen LogP contribution is -2.14. The van der Waals surface area contributed by atoms with Gasteiger partial charge in [0.2, 0.25) is 0 Å². The lowest BCUT2D eigenvalue weighted by molar-refractivity contribution is 0.660. The maximum absolute atomic E-state index is 5.57. The zero-order valence-corrected chi connectivity index (χ0v) is 40.0. The van der Waals surface area contributed by atoms with Crippen LogP contribution >= 0.6 is 0 Å². The number of hydrogen-bond donors (Lipinski definition) is 0. The van der Waals surface area contributed by atoms with Crippen molar-refractivity contribution in [3.63, 3.8) is 0 Å². The van der Waals surface area contributed by atoms with Crippen molar-refractivity contribution in [2.24, 2.45) is 0 Å². The van der Waals surface area contributed by atoms with Crippen molar-refractivity contribution < 1.29 is 0 Å². The minimum absolute atomic E-state index is 0.0329. The monoisotopic (exact) mass is 914 g/mol. The minimum atomic E-state index is -0.0329. The minimum Gasteiger partial charge on any atom is -0.309 e. The molecule has 1 aliphatic carbocycles. The van der Waals surface area contributed by atoms with E-state index in [0.717, 1.165) is 39.2 Å². The van der Waals surface area contributed by atoms with Crippen molar-refractivity contribution in [1.82, 2.24) is 9.55 Å². The van der Waals surface area contributed by atoms with Crippen molar-refractivity contribution in [2.45, 2.75) is 19.3 Å². The van der Waals surface area contributed by atoms with E-state index in [1.165, 1.54) is 109 Å². The van der Waals surface area contributed by atoms with Gasteiger partial charge >= 0.3 is 0 Å². The molecule has 0 saturated carbocycles. The number of nitrogens with zero attached hydrogens (tertiary/aromatic N) is 2. The van der Waals surface area contributed by atoms with E-state index in [1.807, 2.05) is 0 Å². The van der Waals surface area contributed by atoms with Gasteiger partial charge in [-0.3, -0.25) is 0 Å². The lowest BCUT2D eigenvalue weighted by Gasteiger charge is -2.21. The Bertz CT molecular complexity index is 4480. The van der Waals surface area contributed by atoms with Gasteiger partial charge in [-0.1, -0.05) is 208 Å². The van der Waals surface area contributed by atoms with Gasteiger partial charge in [0, 0.05) is 27.3 Å². The Hall–Kier alpha value is -9.11. The van der Waals surface area contributed by atoms with Crippen LogP contribution in [0.15, 0.2) is 243 Å². The van der Waals surface area contributed by atoms with Crippen LogP contribution in [0.4, 0.5) is 0 Å². The zero-order chi connectivity index (χ0) is 47.7. The topological polar surface area (TPSA) is 17.8 Å². The summed E-state index contributed by atoms with van der Waals surface area (Å²) in [5.74, 6) is 0. The first-order valence-electron chi connectivity index (χ1n) is 25.1. The van der Waals surface area contributed by atoms with E-state index in [9.17, 15) is 0 Å². The Morgan fingerprint density at radius 1 is 0.292 bits per heavy atom. The van der Waals surface area contributed by atoms with Gasteiger partial charge in [-0.05, 0) is 147 Å². The molecule has 0 fully saturated rings. The average molecular weight is 915 g/mol. The SMILES string of the molecule is CC1(C)c2ccccc2-c2cc(-c3ccc4c(c3)c3ccccc3c3cc5c(cc43)c3cc(-c4ccccc4)ccc3n5-c3cc(-c4cccc5ccccc45)nc(-c4cccc5ccccc45)c3)ccc21. The second kappa shape index (κ2) is 15.4. The van der Waals surface area contributed by atoms with Crippen LogP contribution in [0.5, 0.6) is 0 Å². The Balaban J connectivity index is 1.01. The van der Waals surface area contributed by atoms with E-state index in [1.54, 1.807) is 0 Å². The smallest absolute Gasteiger partial charge is 0.0736 e. The number of benzene rings is 12. The molecule has 72 heavy (non-hydrogen) atoms. The van der Waals surface area contributed by atoms with Gasteiger partial charge < -0.3 is 4.57 Å². The molecule has 2 aromatic heterocycles. The van der Waals surface area contributed by atoms with E-state index in [0.29, 0.717) is 0 Å². The maximum atomic E-state index is 5.57. The molecule has 0 amide bonds. The first-order chi connectivity index (χ1) is 35.4. The first-order valence-corrected chi connectivity index (χ1v) is 25.1. The molecule has 0 unspecified atom stereocenters. The molecule has 2 heterocycles. The Kier molecular flexibility index (Phi) is 8.74. The summed E-state index contributed by atoms with van der Waals surface area (Å²) >= 11 is 0. The molecule has 15 rings (SSSR count). The maximum Gasteiger partial charge on any atom is 0.0736 e. The van der Waals surface area contributed by atoms with E-state index in [4.69, 9.17) is 4.98 Å². The molecular weight excluding hydrogens is 869 g/mol. The van der Waals surface area contributed by atoms with Gasteiger partial charge in [-0.15, -0.1) is 0 Å². The largest absolute Gasteiger partial charge is 0.309 e. The summed E-state index contributed by atoms with van der Waals surface area (Å²) in [6, 6.07) is 90.0. The van der Waals surface area contributed by atoms with Crippen LogP contribution in [-0.2, 0) is 5.41 Å². The molecule has 1 aliphatic rings. The van der Waals surface area contributed by atoms with Crippen LogP contribution in [-0.4, -0.2) is 9.55 Å². The van der Waals surface area contributed by atoms with Crippen molar-refractivity contribution in [1.29, 1.82) is 0 Å². The molecule has 14 aromatic rings. The van der Waals surface area contributed by atoms with E-state index >= 15 is 0 Å². The third kappa shape index (κ3) is 6.06. The van der Waals surface area contributed by atoms with Crippen LogP contribution in [0.1, 0.15) is 25.0 Å². The molecule has 0 bridgehead atoms. The van der Waals surface area contributed by atoms with Gasteiger partial charge in [0.25, 0.3) is 0 Å². The lowest BCUT2D eigenvalue weighted by atomic mass is 9.82. The second-order valence-corrected chi connectivity index (χ2v) is 20.2. The van der Waals surface area contributed by atoms with Crippen LogP contribution in [0, 0.1) is 0 Å². The molecule has 0 aliphatic heterocycles. The van der Waals surface area contributed by atoms with E-state index in [2.05, 4.69) is 261 Å². The fourth-order valence-corrected chi connectivity index (χ4v) is 12.5. The fourth-order valence-electron chi connectivity index (χ4n) is 12.5. The predicted octanol–water partition coefficient (Wildman–Crippen LogP) is 18.9. The van der Waals surface area contributed by atoms with Crippen LogP contribution in [0.25, 0.3) is 137 Å². The number of hydrogen-bond acceptors (Lipinski definition) is 1. The standard InChI is InChI=1S/C70H46N2/c1-70(2)64-29-13-12-26-55(64)61-37-48(31-34-65(61)70)47-30-33-54-58(36-47)52-24-10-11-25-53(52)60-42-69-63(41-59(54)60)62-38-46(43-16-4-3-5-17-43)32-35-68(62)72(69)49-39-66(56-27-14-20-44-18-6-8-22-50(44)56)71-67(40-49)57-28-15-21-45-19-7-9-23-51(45)57/h3-42H,1-2H3. The number of fused-ring (bicyclic) bond motifs is 14. The fraction of sp³-hybridized carbons (Fsp3) is 0.0429. The normalized spacial score (nSPS) is 13.0. The molecular formula is C70H46N2. The highest BCUT2D eigenvalue weighted by Gasteiger charge is 2.35. The van der Waals surface area contributed by atoms with Gasteiger partial charge in [0.1, 0.15) is 0 Å². The molecule has 0 spiro atoms. The Morgan fingerprint density at radius 2 is 0.778 bits per heavy atom. The Morgan fingerprint density at radius 3 is 1.50 bits per heavy atom. The van der Waals surface area contributed by atoms with E-state index < -0.39 is 0 Å². The highest BCUT2D eigenvalue weighted by atomic mass is 15.0. The molecule has 0 saturated heterocycles. The predicted molar refractivity (Wildman–Crippen MR) is 305 cm³/mol. The van der Waals surface area contributed by atoms with Gasteiger partial charge in [0.05, 0.1) is 28.1 Å². The van der Waals surface area contributed by atoms with Crippen molar-refractivity contribution in [3.8, 4) is 61.6 Å². The highest BCUT2D eigenvalue weighted by Crippen LogP contribution is 2.50. The molecule has 0 radical (unpaired) electrons. The highest BCUT2D eigenvalue weighted by molar-refractivity contribution is 6.29. The molecule has 0 N–H and O–H groups in total. The van der Waals surface area contributed by atoms with Gasteiger partial charge in [-0.2, -0.15) is 0 Å². The Labute approximate surface area is 417 Å². The average Bonchev–Trinajstić information content (AvgIpc) is 3.88. The summed E-state index contributed by atoms with van der Waals surface area (Å²) in [4.78, 5) is 5.57. The number of aromatic nitrogens is 2. The van der Waals surface area contributed by atoms with Crippen LogP contribution in [0.3, 0.4) is 0 Å². The van der Waals surface area contributed by atoms with E-state index in [-0.39, 0.29) is 5.41 Å². The van der Waals surface area contributed by atoms with Gasteiger partial charge in [-0.25, -0.2) is 4.98 Å². The first kappa shape index (κ1) is 40.7. The number of pyridine rings is 1. The zero-order valence-electron chi connectivity index (χ0n) is 40.0. The summed E-state index contributed by atoms with van der Waals surface area (Å²) in [5, 5.41) is 14.7. The number of rotatable bonds is 5. The van der Waals surface area contributed by atoms with Crippen molar-refractivity contribution >= 4 is 75.7 Å². The summed E-state index contributed by atoms with van der Waals surface area (Å²) in [6.07, 6.45) is 0. The third-order valence-electron chi connectivity index (χ3n) is 15.9. The summed E-state index contributed by atoms with van der Waals surface area (Å²) < 4.78 is 2.50. The molecule has 12 aromatic carbocycles. The quantitative estimate of drug-likeness (QED) is 0.157. The van der Waals surface area contributed by atoms with Crippen LogP contribution < -0.4 is 0 Å². The summed E-state index contributed by atoms with van der Waals surface area (Å²) in [5.41, 5.74) is 17.8. The second-order valence-electron chi connectivity index (χ2n) is 20.2. The summed E-state index contributed by atoms with van der Waals surface area (Å²) in [7, 11) is 0. The molecule has 2 nitrogen and oxygen atoms in total. The third-order valence-corrected chi connectivity index (χ3v) is 15.9. The van der Waals surface area contributed by atoms with Crippen molar-refractivity contribution in [2.75, 3.05) is 0 Å². The molecule has 336 valence electrons. The van der Waals surface area contributed by atoms with Crippen molar-refractivity contribution in [3.05, 3.63) is 254 Å². The molecule has 2 heteroatoms. The van der Waals surface area contributed by atoms with Gasteiger partial charge in [0.15, 0.2) is 0 Å².